The van der Waals surface area contributed by atoms with Gasteiger partial charge in [-0.15, -0.1) is 0 Å². The topological polar surface area (TPSA) is 83.4 Å². The van der Waals surface area contributed by atoms with Crippen LogP contribution in [0.25, 0.3) is 16.9 Å². The maximum absolute atomic E-state index is 13.3. The number of amides is 1. The zero-order valence-corrected chi connectivity index (χ0v) is 14.2. The van der Waals surface area contributed by atoms with Gasteiger partial charge in [-0.25, -0.2) is 9.50 Å². The van der Waals surface area contributed by atoms with Crippen molar-refractivity contribution in [3.8, 4) is 11.3 Å². The molecule has 2 aromatic heterocycles. The van der Waals surface area contributed by atoms with Crippen molar-refractivity contribution < 1.29 is 18.0 Å². The van der Waals surface area contributed by atoms with Crippen LogP contribution < -0.4 is 16.2 Å². The van der Waals surface area contributed by atoms with E-state index in [9.17, 15) is 18.0 Å². The van der Waals surface area contributed by atoms with Crippen molar-refractivity contribution in [2.45, 2.75) is 6.18 Å². The lowest BCUT2D eigenvalue weighted by Crippen LogP contribution is -2.38. The van der Waals surface area contributed by atoms with Crippen LogP contribution in [-0.4, -0.2) is 20.5 Å². The molecule has 3 heterocycles. The Bertz CT molecular complexity index is 1120. The summed E-state index contributed by atoms with van der Waals surface area (Å²) in [6.07, 6.45) is 1.74. The SMILES string of the molecule is O=C(NC1=CC=CNN1)c1cnc2ccc(-c3ccccc3C(F)(F)F)nn12. The first kappa shape index (κ1) is 17.6. The number of fused-ring (bicyclic) bond motifs is 1. The summed E-state index contributed by atoms with van der Waals surface area (Å²) < 4.78 is 41.2. The lowest BCUT2D eigenvalue weighted by atomic mass is 10.0. The highest BCUT2D eigenvalue weighted by Crippen LogP contribution is 2.36. The number of carbonyl (C=O) groups excluding carboxylic acids is 1. The maximum atomic E-state index is 13.3. The summed E-state index contributed by atoms with van der Waals surface area (Å²) in [6, 6.07) is 8.09. The van der Waals surface area contributed by atoms with E-state index >= 15 is 0 Å². The van der Waals surface area contributed by atoms with Crippen molar-refractivity contribution in [3.05, 3.63) is 78.0 Å². The average molecular weight is 386 g/mol. The molecule has 0 spiro atoms. The Kier molecular flexibility index (Phi) is 4.22. The molecular formula is C18H13F3N6O. The first-order valence-corrected chi connectivity index (χ1v) is 8.14. The summed E-state index contributed by atoms with van der Waals surface area (Å²) >= 11 is 0. The normalized spacial score (nSPS) is 13.6. The number of imidazole rings is 1. The Morgan fingerprint density at radius 3 is 2.71 bits per heavy atom. The molecule has 0 fully saturated rings. The monoisotopic (exact) mass is 386 g/mol. The third-order valence-electron chi connectivity index (χ3n) is 4.00. The smallest absolute Gasteiger partial charge is 0.307 e. The number of carbonyl (C=O) groups is 1. The van der Waals surface area contributed by atoms with Crippen LogP contribution in [-0.2, 0) is 6.18 Å². The highest BCUT2D eigenvalue weighted by molar-refractivity contribution is 5.94. The molecule has 10 heteroatoms. The van der Waals surface area contributed by atoms with Gasteiger partial charge in [-0.2, -0.15) is 18.3 Å². The third-order valence-corrected chi connectivity index (χ3v) is 4.00. The quantitative estimate of drug-likeness (QED) is 0.645. The van der Waals surface area contributed by atoms with Crippen LogP contribution in [0, 0.1) is 0 Å². The Morgan fingerprint density at radius 2 is 1.96 bits per heavy atom. The zero-order valence-electron chi connectivity index (χ0n) is 14.2. The molecule has 0 atom stereocenters. The summed E-state index contributed by atoms with van der Waals surface area (Å²) in [6.45, 7) is 0. The predicted molar refractivity (Wildman–Crippen MR) is 94.4 cm³/mol. The number of allylic oxidation sites excluding steroid dienone is 2. The third kappa shape index (κ3) is 3.27. The minimum Gasteiger partial charge on any atom is -0.307 e. The van der Waals surface area contributed by atoms with Crippen molar-refractivity contribution >= 4 is 11.6 Å². The lowest BCUT2D eigenvalue weighted by Gasteiger charge is -2.14. The number of nitrogens with zero attached hydrogens (tertiary/aromatic N) is 3. The van der Waals surface area contributed by atoms with Crippen LogP contribution in [0.2, 0.25) is 0 Å². The van der Waals surface area contributed by atoms with Crippen molar-refractivity contribution in [1.82, 2.24) is 30.8 Å². The molecule has 0 unspecified atom stereocenters. The van der Waals surface area contributed by atoms with Crippen LogP contribution in [0.5, 0.6) is 0 Å². The van der Waals surface area contributed by atoms with Crippen LogP contribution in [0.1, 0.15) is 16.1 Å². The van der Waals surface area contributed by atoms with Crippen molar-refractivity contribution in [3.63, 3.8) is 0 Å². The summed E-state index contributed by atoms with van der Waals surface area (Å²) in [4.78, 5) is 16.6. The van der Waals surface area contributed by atoms with E-state index in [4.69, 9.17) is 0 Å². The van der Waals surface area contributed by atoms with Gasteiger partial charge in [0.1, 0.15) is 5.82 Å². The molecule has 4 rings (SSSR count). The number of hydrazine groups is 1. The van der Waals surface area contributed by atoms with E-state index in [1.54, 1.807) is 18.4 Å². The lowest BCUT2D eigenvalue weighted by molar-refractivity contribution is -0.137. The van der Waals surface area contributed by atoms with Crippen molar-refractivity contribution in [1.29, 1.82) is 0 Å². The highest BCUT2D eigenvalue weighted by atomic mass is 19.4. The molecule has 1 aliphatic heterocycles. The van der Waals surface area contributed by atoms with Crippen LogP contribution in [0.4, 0.5) is 13.2 Å². The molecule has 3 aromatic rings. The largest absolute Gasteiger partial charge is 0.417 e. The van der Waals surface area contributed by atoms with Crippen LogP contribution in [0.3, 0.4) is 0 Å². The van der Waals surface area contributed by atoms with Gasteiger partial charge in [-0.05, 0) is 30.4 Å². The zero-order chi connectivity index (χ0) is 19.7. The molecule has 0 bridgehead atoms. The van der Waals surface area contributed by atoms with Gasteiger partial charge in [-0.1, -0.05) is 18.2 Å². The molecule has 7 nitrogen and oxygen atoms in total. The number of rotatable bonds is 3. The second kappa shape index (κ2) is 6.72. The van der Waals surface area contributed by atoms with Gasteiger partial charge in [0.05, 0.1) is 17.5 Å². The molecule has 1 aromatic carbocycles. The fourth-order valence-corrected chi connectivity index (χ4v) is 2.74. The number of hydrogen-bond acceptors (Lipinski definition) is 5. The molecule has 28 heavy (non-hydrogen) atoms. The fraction of sp³-hybridized carbons (Fsp3) is 0.0556. The molecule has 1 amide bonds. The predicted octanol–water partition coefficient (Wildman–Crippen LogP) is 2.61. The van der Waals surface area contributed by atoms with Crippen LogP contribution in [0.15, 0.2) is 66.8 Å². The van der Waals surface area contributed by atoms with Crippen molar-refractivity contribution in [2.24, 2.45) is 0 Å². The van der Waals surface area contributed by atoms with E-state index in [0.717, 1.165) is 6.07 Å². The average Bonchev–Trinajstić information content (AvgIpc) is 3.11. The van der Waals surface area contributed by atoms with E-state index in [2.05, 4.69) is 26.3 Å². The second-order valence-corrected chi connectivity index (χ2v) is 5.84. The number of halogens is 3. The molecular weight excluding hydrogens is 373 g/mol. The van der Waals surface area contributed by atoms with Gasteiger partial charge in [0, 0.05) is 11.8 Å². The number of nitrogens with one attached hydrogen (secondary N) is 3. The van der Waals surface area contributed by atoms with Crippen molar-refractivity contribution in [2.75, 3.05) is 0 Å². The fourth-order valence-electron chi connectivity index (χ4n) is 2.74. The molecule has 3 N–H and O–H groups in total. The molecule has 1 aliphatic rings. The summed E-state index contributed by atoms with van der Waals surface area (Å²) in [5, 5.41) is 6.84. The number of aromatic nitrogens is 3. The van der Waals surface area contributed by atoms with Gasteiger partial charge < -0.3 is 10.7 Å². The summed E-state index contributed by atoms with van der Waals surface area (Å²) in [7, 11) is 0. The molecule has 0 radical (unpaired) electrons. The molecule has 0 aliphatic carbocycles. The van der Waals surface area contributed by atoms with E-state index < -0.39 is 17.6 Å². The summed E-state index contributed by atoms with van der Waals surface area (Å²) in [5.41, 5.74) is 5.06. The second-order valence-electron chi connectivity index (χ2n) is 5.84. The van der Waals surface area contributed by atoms with Gasteiger partial charge in [0.2, 0.25) is 0 Å². The van der Waals surface area contributed by atoms with Gasteiger partial charge in [0.15, 0.2) is 11.3 Å². The molecule has 0 saturated carbocycles. The molecule has 142 valence electrons. The number of alkyl halides is 3. The Balaban J connectivity index is 1.74. The van der Waals surface area contributed by atoms with E-state index in [-0.39, 0.29) is 17.0 Å². The first-order valence-electron chi connectivity index (χ1n) is 8.14. The number of hydrogen-bond donors (Lipinski definition) is 3. The highest BCUT2D eigenvalue weighted by Gasteiger charge is 2.33. The van der Waals surface area contributed by atoms with E-state index in [1.807, 2.05) is 0 Å². The van der Waals surface area contributed by atoms with E-state index in [1.165, 1.54) is 41.0 Å². The Hall–Kier alpha value is -3.82. The van der Waals surface area contributed by atoms with Gasteiger partial charge in [0.25, 0.3) is 5.91 Å². The molecule has 0 saturated heterocycles. The Labute approximate surface area is 156 Å². The first-order chi connectivity index (χ1) is 13.4. The standard InChI is InChI=1S/C18H13F3N6O/c19-18(20,21)12-5-2-1-4-11(12)13-7-8-16-22-10-14(27(16)26-13)17(28)24-15-6-3-9-23-25-15/h1-10,23,25H,(H,24,28). The Morgan fingerprint density at radius 1 is 1.14 bits per heavy atom. The van der Waals surface area contributed by atoms with Crippen LogP contribution >= 0.6 is 0 Å². The van der Waals surface area contributed by atoms with Gasteiger partial charge >= 0.3 is 6.18 Å². The number of benzene rings is 1. The maximum Gasteiger partial charge on any atom is 0.417 e. The van der Waals surface area contributed by atoms with Gasteiger partial charge in [-0.3, -0.25) is 10.2 Å². The summed E-state index contributed by atoms with van der Waals surface area (Å²) in [5.74, 6) is -0.113. The minimum atomic E-state index is -4.53. The minimum absolute atomic E-state index is 0.0760. The van der Waals surface area contributed by atoms with E-state index in [0.29, 0.717) is 11.5 Å².